The maximum atomic E-state index is 7.58. The van der Waals surface area contributed by atoms with Gasteiger partial charge in [-0.1, -0.05) is 12.1 Å². The van der Waals surface area contributed by atoms with Crippen LogP contribution in [0.15, 0.2) is 18.2 Å². The van der Waals surface area contributed by atoms with Gasteiger partial charge in [0.1, 0.15) is 18.2 Å². The molecule has 0 fully saturated rings. The van der Waals surface area contributed by atoms with Crippen LogP contribution in [0.5, 0.6) is 5.75 Å². The van der Waals surface area contributed by atoms with Crippen LogP contribution in [-0.2, 0) is 0 Å². The average Bonchev–Trinajstić information content (AvgIpc) is 2.26. The van der Waals surface area contributed by atoms with Gasteiger partial charge in [0.25, 0.3) is 0 Å². The van der Waals surface area contributed by atoms with Crippen molar-refractivity contribution in [2.45, 2.75) is 26.3 Å². The van der Waals surface area contributed by atoms with E-state index in [0.29, 0.717) is 17.9 Å². The number of benzene rings is 1. The van der Waals surface area contributed by atoms with Crippen LogP contribution in [0, 0.1) is 12.3 Å². The monoisotopic (exact) mass is 249 g/mol. The van der Waals surface area contributed by atoms with Gasteiger partial charge in [0.15, 0.2) is 0 Å². The SMILES string of the molecule is Cc1cccc(C(=N)N)c1OCC(C)(C)N(C)C. The van der Waals surface area contributed by atoms with Crippen LogP contribution in [0.1, 0.15) is 25.0 Å². The molecule has 1 aromatic carbocycles. The van der Waals surface area contributed by atoms with Crippen molar-refractivity contribution in [3.05, 3.63) is 29.3 Å². The largest absolute Gasteiger partial charge is 0.491 e. The number of rotatable bonds is 5. The quantitative estimate of drug-likeness (QED) is 0.619. The van der Waals surface area contributed by atoms with E-state index in [1.807, 2.05) is 39.2 Å². The van der Waals surface area contributed by atoms with Crippen molar-refractivity contribution in [2.75, 3.05) is 20.7 Å². The summed E-state index contributed by atoms with van der Waals surface area (Å²) >= 11 is 0. The van der Waals surface area contributed by atoms with E-state index in [1.165, 1.54) is 0 Å². The molecule has 0 unspecified atom stereocenters. The second-order valence-corrected chi connectivity index (χ2v) is 5.36. The van der Waals surface area contributed by atoms with Crippen molar-refractivity contribution in [2.24, 2.45) is 5.73 Å². The summed E-state index contributed by atoms with van der Waals surface area (Å²) in [7, 11) is 4.04. The van der Waals surface area contributed by atoms with Crippen LogP contribution in [0.2, 0.25) is 0 Å². The number of nitrogens with one attached hydrogen (secondary N) is 1. The Labute approximate surface area is 109 Å². The number of likely N-dealkylation sites (N-methyl/N-ethyl adjacent to an activating group) is 1. The molecule has 4 nitrogen and oxygen atoms in total. The molecule has 0 spiro atoms. The van der Waals surface area contributed by atoms with Crippen LogP contribution >= 0.6 is 0 Å². The molecule has 0 bridgehead atoms. The summed E-state index contributed by atoms with van der Waals surface area (Å²) in [5, 5.41) is 7.58. The fourth-order valence-corrected chi connectivity index (χ4v) is 1.43. The first-order chi connectivity index (χ1) is 8.25. The van der Waals surface area contributed by atoms with E-state index >= 15 is 0 Å². The van der Waals surface area contributed by atoms with Gasteiger partial charge in [-0.2, -0.15) is 0 Å². The number of nitrogen functional groups attached to an aromatic ring is 1. The third kappa shape index (κ3) is 3.23. The number of nitrogens with zero attached hydrogens (tertiary/aromatic N) is 1. The van der Waals surface area contributed by atoms with E-state index < -0.39 is 0 Å². The van der Waals surface area contributed by atoms with E-state index in [0.717, 1.165) is 5.56 Å². The van der Waals surface area contributed by atoms with Gasteiger partial charge in [-0.15, -0.1) is 0 Å². The molecule has 0 radical (unpaired) electrons. The standard InChI is InChI=1S/C14H23N3O/c1-10-7-6-8-11(13(15)16)12(10)18-9-14(2,3)17(4)5/h6-8H,9H2,1-5H3,(H3,15,16). The molecule has 1 aromatic rings. The van der Waals surface area contributed by atoms with Crippen molar-refractivity contribution < 1.29 is 4.74 Å². The van der Waals surface area contributed by atoms with Gasteiger partial charge in [-0.25, -0.2) is 0 Å². The van der Waals surface area contributed by atoms with Gasteiger partial charge in [-0.05, 0) is 46.5 Å². The minimum Gasteiger partial charge on any atom is -0.491 e. The number of hydrogen-bond acceptors (Lipinski definition) is 3. The summed E-state index contributed by atoms with van der Waals surface area (Å²) in [5.41, 5.74) is 7.16. The first kappa shape index (κ1) is 14.5. The zero-order valence-corrected chi connectivity index (χ0v) is 11.9. The highest BCUT2D eigenvalue weighted by Gasteiger charge is 2.22. The lowest BCUT2D eigenvalue weighted by atomic mass is 10.1. The fraction of sp³-hybridized carbons (Fsp3) is 0.500. The van der Waals surface area contributed by atoms with Gasteiger partial charge in [0.05, 0.1) is 5.56 Å². The highest BCUT2D eigenvalue weighted by Crippen LogP contribution is 2.24. The molecule has 0 aromatic heterocycles. The number of ether oxygens (including phenoxy) is 1. The van der Waals surface area contributed by atoms with Gasteiger partial charge in [0.2, 0.25) is 0 Å². The van der Waals surface area contributed by atoms with Crippen molar-refractivity contribution in [1.82, 2.24) is 4.90 Å². The molecule has 0 saturated carbocycles. The number of amidine groups is 1. The van der Waals surface area contributed by atoms with Gasteiger partial charge in [0, 0.05) is 5.54 Å². The Bertz CT molecular complexity index is 439. The smallest absolute Gasteiger partial charge is 0.133 e. The predicted molar refractivity (Wildman–Crippen MR) is 75.5 cm³/mol. The van der Waals surface area contributed by atoms with E-state index in [1.54, 1.807) is 0 Å². The summed E-state index contributed by atoms with van der Waals surface area (Å²) < 4.78 is 5.89. The number of aryl methyl sites for hydroxylation is 1. The lowest BCUT2D eigenvalue weighted by Gasteiger charge is -2.32. The highest BCUT2D eigenvalue weighted by molar-refractivity contribution is 5.98. The first-order valence-electron chi connectivity index (χ1n) is 6.00. The Hall–Kier alpha value is -1.55. The Morgan fingerprint density at radius 3 is 2.50 bits per heavy atom. The third-order valence-corrected chi connectivity index (χ3v) is 3.28. The van der Waals surface area contributed by atoms with E-state index in [4.69, 9.17) is 15.9 Å². The summed E-state index contributed by atoms with van der Waals surface area (Å²) in [6.45, 7) is 6.73. The van der Waals surface area contributed by atoms with Crippen LogP contribution in [-0.4, -0.2) is 37.0 Å². The molecule has 18 heavy (non-hydrogen) atoms. The Kier molecular flexibility index (Phi) is 4.35. The predicted octanol–water partition coefficient (Wildman–Crippen LogP) is 2.00. The molecule has 3 N–H and O–H groups in total. The maximum Gasteiger partial charge on any atom is 0.133 e. The molecule has 1 rings (SSSR count). The summed E-state index contributed by atoms with van der Waals surface area (Å²) in [6.07, 6.45) is 0. The van der Waals surface area contributed by atoms with E-state index in [-0.39, 0.29) is 11.4 Å². The van der Waals surface area contributed by atoms with Gasteiger partial charge in [-0.3, -0.25) is 5.41 Å². The van der Waals surface area contributed by atoms with Gasteiger partial charge >= 0.3 is 0 Å². The van der Waals surface area contributed by atoms with Crippen molar-refractivity contribution in [3.8, 4) is 5.75 Å². The second kappa shape index (κ2) is 5.40. The number of para-hydroxylation sites is 1. The molecule has 0 aliphatic carbocycles. The number of nitrogens with two attached hydrogens (primary N) is 1. The molecular weight excluding hydrogens is 226 g/mol. The molecular formula is C14H23N3O. The summed E-state index contributed by atoms with van der Waals surface area (Å²) in [4.78, 5) is 2.11. The highest BCUT2D eigenvalue weighted by atomic mass is 16.5. The zero-order valence-electron chi connectivity index (χ0n) is 11.9. The van der Waals surface area contributed by atoms with Crippen molar-refractivity contribution in [1.29, 1.82) is 5.41 Å². The van der Waals surface area contributed by atoms with Crippen LogP contribution < -0.4 is 10.5 Å². The lowest BCUT2D eigenvalue weighted by Crippen LogP contribution is -2.43. The minimum absolute atomic E-state index is 0.0383. The topological polar surface area (TPSA) is 62.3 Å². The van der Waals surface area contributed by atoms with E-state index in [2.05, 4.69) is 18.7 Å². The Morgan fingerprint density at radius 1 is 1.39 bits per heavy atom. The molecule has 0 atom stereocenters. The maximum absolute atomic E-state index is 7.58. The van der Waals surface area contributed by atoms with E-state index in [9.17, 15) is 0 Å². The molecule has 0 heterocycles. The fourth-order valence-electron chi connectivity index (χ4n) is 1.43. The van der Waals surface area contributed by atoms with Crippen LogP contribution in [0.4, 0.5) is 0 Å². The molecule has 0 saturated heterocycles. The molecule has 0 aliphatic heterocycles. The zero-order chi connectivity index (χ0) is 13.9. The van der Waals surface area contributed by atoms with Crippen molar-refractivity contribution >= 4 is 5.84 Å². The first-order valence-corrected chi connectivity index (χ1v) is 6.00. The Balaban J connectivity index is 2.95. The average molecular weight is 249 g/mol. The summed E-state index contributed by atoms with van der Waals surface area (Å²) in [6, 6.07) is 5.66. The third-order valence-electron chi connectivity index (χ3n) is 3.28. The summed E-state index contributed by atoms with van der Waals surface area (Å²) in [5.74, 6) is 0.747. The van der Waals surface area contributed by atoms with Crippen molar-refractivity contribution in [3.63, 3.8) is 0 Å². The van der Waals surface area contributed by atoms with Gasteiger partial charge < -0.3 is 15.4 Å². The van der Waals surface area contributed by atoms with Crippen LogP contribution in [0.3, 0.4) is 0 Å². The Morgan fingerprint density at radius 2 is 2.00 bits per heavy atom. The van der Waals surface area contributed by atoms with Crippen LogP contribution in [0.25, 0.3) is 0 Å². The second-order valence-electron chi connectivity index (χ2n) is 5.36. The molecule has 4 heteroatoms. The lowest BCUT2D eigenvalue weighted by molar-refractivity contribution is 0.113. The molecule has 100 valence electrons. The minimum atomic E-state index is -0.0731. The molecule has 0 aliphatic rings. The normalized spacial score (nSPS) is 11.7. The molecule has 0 amide bonds. The number of hydrogen-bond donors (Lipinski definition) is 2.